The van der Waals surface area contributed by atoms with E-state index in [2.05, 4.69) is 32.0 Å². The smallest absolute Gasteiger partial charge is 0.123 e. The molecule has 0 heterocycles. The summed E-state index contributed by atoms with van der Waals surface area (Å²) in [5.74, 6) is 1.02. The van der Waals surface area contributed by atoms with E-state index in [1.807, 2.05) is 6.07 Å². The van der Waals surface area contributed by atoms with Crippen LogP contribution >= 0.6 is 0 Å². The molecule has 0 aromatic heterocycles. The Bertz CT molecular complexity index is 367. The Labute approximate surface area is 104 Å². The van der Waals surface area contributed by atoms with E-state index < -0.39 is 0 Å². The lowest BCUT2D eigenvalue weighted by Crippen LogP contribution is -2.32. The lowest BCUT2D eigenvalue weighted by atomic mass is 9.78. The normalized spacial score (nSPS) is 18.6. The van der Waals surface area contributed by atoms with Crippen LogP contribution in [0.2, 0.25) is 0 Å². The lowest BCUT2D eigenvalue weighted by molar-refractivity contribution is 0.234. The van der Waals surface area contributed by atoms with Gasteiger partial charge in [0.25, 0.3) is 0 Å². The summed E-state index contributed by atoms with van der Waals surface area (Å²) in [6, 6.07) is 8.40. The number of rotatable bonds is 4. The van der Waals surface area contributed by atoms with Gasteiger partial charge >= 0.3 is 0 Å². The lowest BCUT2D eigenvalue weighted by Gasteiger charge is -2.30. The second kappa shape index (κ2) is 5.09. The van der Waals surface area contributed by atoms with E-state index in [9.17, 15) is 0 Å². The van der Waals surface area contributed by atoms with Crippen molar-refractivity contribution in [3.63, 3.8) is 0 Å². The zero-order chi connectivity index (χ0) is 12.3. The van der Waals surface area contributed by atoms with E-state index in [1.165, 1.54) is 31.2 Å². The third-order valence-corrected chi connectivity index (χ3v) is 3.77. The molecular formula is C15H23NO. The fraction of sp³-hybridized carbons (Fsp3) is 0.600. The summed E-state index contributed by atoms with van der Waals surface area (Å²) in [5, 5.41) is 0. The van der Waals surface area contributed by atoms with Gasteiger partial charge < -0.3 is 10.5 Å². The van der Waals surface area contributed by atoms with Gasteiger partial charge in [-0.1, -0.05) is 31.0 Å². The molecule has 0 spiro atoms. The van der Waals surface area contributed by atoms with Crippen molar-refractivity contribution in [2.75, 3.05) is 6.54 Å². The fourth-order valence-electron chi connectivity index (χ4n) is 2.90. The van der Waals surface area contributed by atoms with Gasteiger partial charge in [-0.3, -0.25) is 0 Å². The molecule has 17 heavy (non-hydrogen) atoms. The SMILES string of the molecule is CC(C)Oc1ccccc1C1(CN)CCCC1. The topological polar surface area (TPSA) is 35.2 Å². The van der Waals surface area contributed by atoms with Crippen LogP contribution in [0.1, 0.15) is 45.1 Å². The van der Waals surface area contributed by atoms with Gasteiger partial charge in [0, 0.05) is 17.5 Å². The average Bonchev–Trinajstić information content (AvgIpc) is 2.79. The van der Waals surface area contributed by atoms with Crippen molar-refractivity contribution in [2.24, 2.45) is 5.73 Å². The van der Waals surface area contributed by atoms with E-state index in [4.69, 9.17) is 10.5 Å². The first-order valence-corrected chi connectivity index (χ1v) is 6.64. The number of para-hydroxylation sites is 1. The van der Waals surface area contributed by atoms with Crippen LogP contribution in [-0.2, 0) is 5.41 Å². The number of nitrogens with two attached hydrogens (primary N) is 1. The summed E-state index contributed by atoms with van der Waals surface area (Å²) in [6.07, 6.45) is 5.18. The standard InChI is InChI=1S/C15H23NO/c1-12(2)17-14-8-4-3-7-13(14)15(11-16)9-5-6-10-15/h3-4,7-8,12H,5-6,9-11,16H2,1-2H3. The molecule has 0 atom stereocenters. The van der Waals surface area contributed by atoms with E-state index in [0.29, 0.717) is 0 Å². The highest BCUT2D eigenvalue weighted by molar-refractivity contribution is 5.41. The van der Waals surface area contributed by atoms with Crippen LogP contribution in [0.15, 0.2) is 24.3 Å². The van der Waals surface area contributed by atoms with Gasteiger partial charge in [-0.05, 0) is 32.8 Å². The van der Waals surface area contributed by atoms with E-state index in [-0.39, 0.29) is 11.5 Å². The molecule has 1 fully saturated rings. The van der Waals surface area contributed by atoms with Gasteiger partial charge in [0.1, 0.15) is 5.75 Å². The Morgan fingerprint density at radius 1 is 1.24 bits per heavy atom. The molecule has 1 aromatic rings. The molecule has 0 aliphatic heterocycles. The van der Waals surface area contributed by atoms with Crippen molar-refractivity contribution in [1.29, 1.82) is 0 Å². The molecule has 2 N–H and O–H groups in total. The van der Waals surface area contributed by atoms with Gasteiger partial charge in [0.05, 0.1) is 6.10 Å². The molecule has 0 radical (unpaired) electrons. The molecular weight excluding hydrogens is 210 g/mol. The largest absolute Gasteiger partial charge is 0.491 e. The number of ether oxygens (including phenoxy) is 1. The molecule has 2 heteroatoms. The Morgan fingerprint density at radius 3 is 2.47 bits per heavy atom. The van der Waals surface area contributed by atoms with E-state index in [0.717, 1.165) is 12.3 Å². The maximum Gasteiger partial charge on any atom is 0.123 e. The summed E-state index contributed by atoms with van der Waals surface area (Å²) in [5.41, 5.74) is 7.52. The fourth-order valence-corrected chi connectivity index (χ4v) is 2.90. The zero-order valence-corrected chi connectivity index (χ0v) is 10.9. The summed E-state index contributed by atoms with van der Waals surface area (Å²) < 4.78 is 5.93. The van der Waals surface area contributed by atoms with Gasteiger partial charge in [-0.25, -0.2) is 0 Å². The third kappa shape index (κ3) is 2.47. The highest BCUT2D eigenvalue weighted by Crippen LogP contribution is 2.44. The minimum atomic E-state index is 0.158. The predicted molar refractivity (Wildman–Crippen MR) is 71.4 cm³/mol. The summed E-state index contributed by atoms with van der Waals surface area (Å²) in [7, 11) is 0. The quantitative estimate of drug-likeness (QED) is 0.866. The van der Waals surface area contributed by atoms with Gasteiger partial charge in [0.2, 0.25) is 0 Å². The second-order valence-electron chi connectivity index (χ2n) is 5.35. The van der Waals surface area contributed by atoms with E-state index >= 15 is 0 Å². The van der Waals surface area contributed by atoms with Crippen LogP contribution in [0.5, 0.6) is 5.75 Å². The Kier molecular flexibility index (Phi) is 3.72. The molecule has 2 rings (SSSR count). The van der Waals surface area contributed by atoms with Crippen LogP contribution in [0.4, 0.5) is 0 Å². The van der Waals surface area contributed by atoms with Gasteiger partial charge in [-0.15, -0.1) is 0 Å². The van der Waals surface area contributed by atoms with Crippen molar-refractivity contribution < 1.29 is 4.74 Å². The van der Waals surface area contributed by atoms with Crippen LogP contribution < -0.4 is 10.5 Å². The van der Waals surface area contributed by atoms with Crippen LogP contribution in [0.3, 0.4) is 0 Å². The van der Waals surface area contributed by atoms with Crippen molar-refractivity contribution >= 4 is 0 Å². The van der Waals surface area contributed by atoms with E-state index in [1.54, 1.807) is 0 Å². The predicted octanol–water partition coefficient (Wildman–Crippen LogP) is 3.24. The molecule has 1 aliphatic rings. The molecule has 1 aliphatic carbocycles. The molecule has 94 valence electrons. The Hall–Kier alpha value is -1.02. The van der Waals surface area contributed by atoms with Crippen LogP contribution in [-0.4, -0.2) is 12.6 Å². The molecule has 0 amide bonds. The van der Waals surface area contributed by atoms with Crippen LogP contribution in [0, 0.1) is 0 Å². The van der Waals surface area contributed by atoms with Crippen LogP contribution in [0.25, 0.3) is 0 Å². The maximum atomic E-state index is 6.04. The average molecular weight is 233 g/mol. The Morgan fingerprint density at radius 2 is 1.88 bits per heavy atom. The molecule has 1 aromatic carbocycles. The van der Waals surface area contributed by atoms with Crippen molar-refractivity contribution in [3.8, 4) is 5.75 Å². The van der Waals surface area contributed by atoms with Gasteiger partial charge in [0.15, 0.2) is 0 Å². The summed E-state index contributed by atoms with van der Waals surface area (Å²) >= 11 is 0. The molecule has 0 bridgehead atoms. The van der Waals surface area contributed by atoms with Crippen molar-refractivity contribution in [3.05, 3.63) is 29.8 Å². The first-order chi connectivity index (χ1) is 8.18. The first-order valence-electron chi connectivity index (χ1n) is 6.64. The van der Waals surface area contributed by atoms with Crippen molar-refractivity contribution in [1.82, 2.24) is 0 Å². The minimum Gasteiger partial charge on any atom is -0.491 e. The first kappa shape index (κ1) is 12.4. The van der Waals surface area contributed by atoms with Crippen molar-refractivity contribution in [2.45, 2.75) is 51.0 Å². The van der Waals surface area contributed by atoms with Gasteiger partial charge in [-0.2, -0.15) is 0 Å². The molecule has 1 saturated carbocycles. The number of benzene rings is 1. The maximum absolute atomic E-state index is 6.04. The monoisotopic (exact) mass is 233 g/mol. The molecule has 0 saturated heterocycles. The second-order valence-corrected chi connectivity index (χ2v) is 5.35. The molecule has 2 nitrogen and oxygen atoms in total. The molecule has 0 unspecified atom stereocenters. The minimum absolute atomic E-state index is 0.158. The Balaban J connectivity index is 2.36. The highest BCUT2D eigenvalue weighted by Gasteiger charge is 2.36. The summed E-state index contributed by atoms with van der Waals surface area (Å²) in [4.78, 5) is 0. The highest BCUT2D eigenvalue weighted by atomic mass is 16.5. The summed E-state index contributed by atoms with van der Waals surface area (Å²) in [6.45, 7) is 4.87. The number of hydrogen-bond acceptors (Lipinski definition) is 2. The zero-order valence-electron chi connectivity index (χ0n) is 10.9. The third-order valence-electron chi connectivity index (χ3n) is 3.77. The number of hydrogen-bond donors (Lipinski definition) is 1.